The molecule has 1 aliphatic carbocycles. The molecule has 9 heteroatoms. The average molecular weight is 333 g/mol. The molecular weight excluding hydrogens is 311 g/mol. The van der Waals surface area contributed by atoms with Gasteiger partial charge in [0.15, 0.2) is 5.82 Å². The topological polar surface area (TPSA) is 67.1 Å². The van der Waals surface area contributed by atoms with Crippen molar-refractivity contribution in [3.8, 4) is 0 Å². The normalized spacial score (nSPS) is 30.0. The van der Waals surface area contributed by atoms with Crippen LogP contribution in [-0.4, -0.2) is 55.1 Å². The Hall–Kier alpha value is -1.22. The summed E-state index contributed by atoms with van der Waals surface area (Å²) in [5.41, 5.74) is 0. The molecule has 1 N–H and O–H groups in total. The third-order valence-corrected chi connectivity index (χ3v) is 4.97. The van der Waals surface area contributed by atoms with Crippen molar-refractivity contribution >= 4 is 0 Å². The Morgan fingerprint density at radius 2 is 1.91 bits per heavy atom. The molecule has 0 unspecified atom stereocenters. The molecule has 130 valence electrons. The van der Waals surface area contributed by atoms with Gasteiger partial charge in [-0.1, -0.05) is 12.8 Å². The van der Waals surface area contributed by atoms with Gasteiger partial charge in [-0.25, -0.2) is 4.68 Å². The zero-order chi connectivity index (χ0) is 16.4. The lowest BCUT2D eigenvalue weighted by molar-refractivity contribution is -0.143. The molecule has 2 aliphatic rings. The highest BCUT2D eigenvalue weighted by molar-refractivity contribution is 4.93. The third kappa shape index (κ3) is 4.00. The fourth-order valence-electron chi connectivity index (χ4n) is 3.93. The number of likely N-dealkylation sites (tertiary alicyclic amines) is 1. The highest BCUT2D eigenvalue weighted by Gasteiger charge is 2.38. The van der Waals surface area contributed by atoms with E-state index in [1.807, 2.05) is 0 Å². The quantitative estimate of drug-likeness (QED) is 0.909. The number of nitrogens with zero attached hydrogens (tertiary/aromatic N) is 5. The number of aliphatic hydroxyl groups is 1. The highest BCUT2D eigenvalue weighted by Crippen LogP contribution is 2.35. The number of hydrogen-bond acceptors (Lipinski definition) is 5. The maximum atomic E-state index is 12.6. The van der Waals surface area contributed by atoms with Crippen molar-refractivity contribution in [2.45, 2.75) is 69.9 Å². The van der Waals surface area contributed by atoms with Crippen LogP contribution in [0.2, 0.25) is 0 Å². The molecule has 0 aromatic carbocycles. The van der Waals surface area contributed by atoms with E-state index < -0.39 is 12.7 Å². The van der Waals surface area contributed by atoms with E-state index in [1.165, 1.54) is 0 Å². The summed E-state index contributed by atoms with van der Waals surface area (Å²) in [5.74, 6) is 0.442. The summed E-state index contributed by atoms with van der Waals surface area (Å²) < 4.78 is 38.5. The summed E-state index contributed by atoms with van der Waals surface area (Å²) in [4.78, 5) is 2.14. The van der Waals surface area contributed by atoms with Crippen LogP contribution in [0.1, 0.15) is 44.3 Å². The Kier molecular flexibility index (Phi) is 4.86. The van der Waals surface area contributed by atoms with Gasteiger partial charge in [0.25, 0.3) is 0 Å². The second kappa shape index (κ2) is 6.72. The standard InChI is InChI=1S/C14H22F3N5O/c15-14(16,17)9-22-13(18-19-20-22)8-21-7-3-5-11(21)10-4-1-2-6-12(10)23/h10-12,23H,1-9H2/t10-,11-,12-/m1/s1. The Morgan fingerprint density at radius 1 is 1.13 bits per heavy atom. The van der Waals surface area contributed by atoms with Crippen LogP contribution < -0.4 is 0 Å². The lowest BCUT2D eigenvalue weighted by Crippen LogP contribution is -2.42. The van der Waals surface area contributed by atoms with E-state index in [4.69, 9.17) is 0 Å². The number of alkyl halides is 3. The third-order valence-electron chi connectivity index (χ3n) is 4.97. The number of rotatable bonds is 4. The van der Waals surface area contributed by atoms with E-state index in [0.717, 1.165) is 49.8 Å². The van der Waals surface area contributed by atoms with Gasteiger partial charge >= 0.3 is 6.18 Å². The van der Waals surface area contributed by atoms with Gasteiger partial charge in [-0.3, -0.25) is 4.90 Å². The minimum absolute atomic E-state index is 0.207. The van der Waals surface area contributed by atoms with Crippen LogP contribution in [0.5, 0.6) is 0 Å². The lowest BCUT2D eigenvalue weighted by Gasteiger charge is -2.37. The average Bonchev–Trinajstić information content (AvgIpc) is 3.09. The predicted molar refractivity (Wildman–Crippen MR) is 75.3 cm³/mol. The maximum Gasteiger partial charge on any atom is 0.408 e. The first kappa shape index (κ1) is 16.6. The van der Waals surface area contributed by atoms with Gasteiger partial charge in [-0.15, -0.1) is 5.10 Å². The smallest absolute Gasteiger partial charge is 0.393 e. The molecule has 23 heavy (non-hydrogen) atoms. The van der Waals surface area contributed by atoms with Crippen LogP contribution in [-0.2, 0) is 13.1 Å². The SMILES string of the molecule is O[C@@H]1CCCC[C@@H]1[C@H]1CCCN1Cc1nnnn1CC(F)(F)F. The van der Waals surface area contributed by atoms with E-state index in [2.05, 4.69) is 20.4 Å². The fourth-order valence-corrected chi connectivity index (χ4v) is 3.93. The molecule has 1 saturated carbocycles. The Balaban J connectivity index is 1.68. The second-order valence-electron chi connectivity index (χ2n) is 6.56. The monoisotopic (exact) mass is 333 g/mol. The van der Waals surface area contributed by atoms with Gasteiger partial charge in [0.2, 0.25) is 0 Å². The molecule has 0 amide bonds. The van der Waals surface area contributed by atoms with Gasteiger partial charge < -0.3 is 5.11 Å². The van der Waals surface area contributed by atoms with Crippen LogP contribution in [0.4, 0.5) is 13.2 Å². The zero-order valence-electron chi connectivity index (χ0n) is 12.9. The molecule has 0 radical (unpaired) electrons. The molecule has 2 fully saturated rings. The minimum Gasteiger partial charge on any atom is -0.393 e. The van der Waals surface area contributed by atoms with Crippen LogP contribution in [0.3, 0.4) is 0 Å². The van der Waals surface area contributed by atoms with Gasteiger partial charge in [0.1, 0.15) is 6.54 Å². The van der Waals surface area contributed by atoms with Crippen LogP contribution in [0, 0.1) is 5.92 Å². The number of hydrogen-bond donors (Lipinski definition) is 1. The number of halogens is 3. The van der Waals surface area contributed by atoms with Crippen molar-refractivity contribution in [3.05, 3.63) is 5.82 Å². The fraction of sp³-hybridized carbons (Fsp3) is 0.929. The van der Waals surface area contributed by atoms with Crippen molar-refractivity contribution in [1.29, 1.82) is 0 Å². The molecule has 0 bridgehead atoms. The lowest BCUT2D eigenvalue weighted by atomic mass is 9.80. The van der Waals surface area contributed by atoms with E-state index >= 15 is 0 Å². The molecule has 1 aliphatic heterocycles. The van der Waals surface area contributed by atoms with Crippen LogP contribution in [0.15, 0.2) is 0 Å². The molecular formula is C14H22F3N5O. The first-order valence-corrected chi connectivity index (χ1v) is 8.18. The predicted octanol–water partition coefficient (Wildman–Crippen LogP) is 1.75. The summed E-state index contributed by atoms with van der Waals surface area (Å²) >= 11 is 0. The maximum absolute atomic E-state index is 12.6. The minimum atomic E-state index is -4.34. The molecule has 3 atom stereocenters. The number of aromatic nitrogens is 4. The van der Waals surface area contributed by atoms with Crippen LogP contribution >= 0.6 is 0 Å². The molecule has 1 aromatic rings. The molecule has 1 saturated heterocycles. The van der Waals surface area contributed by atoms with Gasteiger partial charge in [0, 0.05) is 12.0 Å². The van der Waals surface area contributed by atoms with Crippen molar-refractivity contribution < 1.29 is 18.3 Å². The molecule has 1 aromatic heterocycles. The van der Waals surface area contributed by atoms with Gasteiger partial charge in [-0.05, 0) is 42.7 Å². The van der Waals surface area contributed by atoms with E-state index in [1.54, 1.807) is 0 Å². The molecule has 0 spiro atoms. The van der Waals surface area contributed by atoms with Gasteiger partial charge in [0.05, 0.1) is 12.6 Å². The van der Waals surface area contributed by atoms with Crippen molar-refractivity contribution in [2.24, 2.45) is 5.92 Å². The molecule has 3 rings (SSSR count). The van der Waals surface area contributed by atoms with Gasteiger partial charge in [-0.2, -0.15) is 13.2 Å². The summed E-state index contributed by atoms with van der Waals surface area (Å²) in [6, 6.07) is 0.210. The summed E-state index contributed by atoms with van der Waals surface area (Å²) in [5, 5.41) is 20.9. The largest absolute Gasteiger partial charge is 0.408 e. The number of tetrazole rings is 1. The zero-order valence-corrected chi connectivity index (χ0v) is 12.9. The first-order chi connectivity index (χ1) is 10.9. The van der Waals surface area contributed by atoms with Crippen molar-refractivity contribution in [1.82, 2.24) is 25.1 Å². The van der Waals surface area contributed by atoms with E-state index in [9.17, 15) is 18.3 Å². The first-order valence-electron chi connectivity index (χ1n) is 8.18. The Bertz CT molecular complexity index is 521. The molecule has 2 heterocycles. The summed E-state index contributed by atoms with van der Waals surface area (Å²) in [7, 11) is 0. The second-order valence-corrected chi connectivity index (χ2v) is 6.56. The highest BCUT2D eigenvalue weighted by atomic mass is 19.4. The molecule has 6 nitrogen and oxygen atoms in total. The summed E-state index contributed by atoms with van der Waals surface area (Å²) in [6.07, 6.45) is 1.29. The Labute approximate surface area is 132 Å². The van der Waals surface area contributed by atoms with E-state index in [0.29, 0.717) is 6.54 Å². The number of aliphatic hydroxyl groups excluding tert-OH is 1. The summed E-state index contributed by atoms with van der Waals surface area (Å²) in [6.45, 7) is -0.0520. The van der Waals surface area contributed by atoms with Crippen LogP contribution in [0.25, 0.3) is 0 Å². The van der Waals surface area contributed by atoms with Crippen molar-refractivity contribution in [2.75, 3.05) is 6.54 Å². The van der Waals surface area contributed by atoms with Crippen molar-refractivity contribution in [3.63, 3.8) is 0 Å². The van der Waals surface area contributed by atoms with E-state index in [-0.39, 0.29) is 23.9 Å². The Morgan fingerprint density at radius 3 is 2.65 bits per heavy atom.